The van der Waals surface area contributed by atoms with Gasteiger partial charge in [-0.25, -0.2) is 4.57 Å². The lowest BCUT2D eigenvalue weighted by atomic mass is 9.99. The minimum atomic E-state index is -1.45. The summed E-state index contributed by atoms with van der Waals surface area (Å²) >= 11 is 0. The second-order valence-electron chi connectivity index (χ2n) is 23.8. The number of hydrogen-bond donors (Lipinski definition) is 1. The third-order valence-corrected chi connectivity index (χ3v) is 17.2. The fourth-order valence-corrected chi connectivity index (χ4v) is 11.2. The summed E-state index contributed by atoms with van der Waals surface area (Å²) in [6.45, 7) is 16.0. The highest BCUT2D eigenvalue weighted by molar-refractivity contribution is 5.94. The topological polar surface area (TPSA) is 380 Å². The fraction of sp³-hybridized carbons (Fsp3) is 0.529. The number of carbonyl (C=O) groups is 3. The summed E-state index contributed by atoms with van der Waals surface area (Å²) in [4.78, 5) is 103. The van der Waals surface area contributed by atoms with Gasteiger partial charge in [-0.2, -0.15) is 0 Å². The second-order valence-corrected chi connectivity index (χ2v) is 23.8. The molecule has 540 valence electrons. The number of nitrogens with one attached hydrogen (secondary N) is 1. The number of benzene rings is 4. The zero-order chi connectivity index (χ0) is 71.4. The Labute approximate surface area is 585 Å². The van der Waals surface area contributed by atoms with Crippen LogP contribution in [0.15, 0.2) is 79.1 Å². The molecule has 0 fully saturated rings. The molecular formula is C68H92BrN11O19. The predicted molar refractivity (Wildman–Crippen MR) is 369 cm³/mol. The zero-order valence-corrected chi connectivity index (χ0v) is 58.5. The van der Waals surface area contributed by atoms with E-state index < -0.39 is 99.2 Å². The van der Waals surface area contributed by atoms with E-state index in [1.54, 1.807) is 0 Å². The lowest BCUT2D eigenvalue weighted by molar-refractivity contribution is -0.925. The minimum Gasteiger partial charge on any atom is -1.00 e. The monoisotopic (exact) mass is 1450 g/mol. The van der Waals surface area contributed by atoms with Crippen LogP contribution in [-0.2, 0) is 46.3 Å². The first kappa shape index (κ1) is 82.5. The minimum absolute atomic E-state index is 0. The Morgan fingerprint density at radius 3 is 1.60 bits per heavy atom. The Morgan fingerprint density at radius 1 is 0.525 bits per heavy atom. The molecule has 30 nitrogen and oxygen atoms in total. The first-order chi connectivity index (χ1) is 47.1. The number of aryl methyl sites for hydroxylation is 1. The van der Waals surface area contributed by atoms with Crippen molar-refractivity contribution in [2.45, 2.75) is 136 Å². The number of quaternary nitrogens is 1. The smallest absolute Gasteiger partial charge is 0.286 e. The fourth-order valence-electron chi connectivity index (χ4n) is 11.2. The lowest BCUT2D eigenvalue weighted by Gasteiger charge is -2.35. The van der Waals surface area contributed by atoms with Gasteiger partial charge in [0.1, 0.15) is 23.7 Å². The van der Waals surface area contributed by atoms with Gasteiger partial charge in [-0.05, 0) is 93.0 Å². The van der Waals surface area contributed by atoms with E-state index in [1.165, 1.54) is 53.4 Å². The maximum atomic E-state index is 12.8. The number of likely N-dealkylation sites (N-methyl/N-ethyl adjacent to an activating group) is 1. The van der Waals surface area contributed by atoms with E-state index in [1.807, 2.05) is 0 Å². The number of rotatable bonds is 52. The van der Waals surface area contributed by atoms with Crippen molar-refractivity contribution in [1.82, 2.24) is 5.32 Å². The van der Waals surface area contributed by atoms with E-state index in [9.17, 15) is 75.1 Å². The number of fused-ring (bicyclic) bond motifs is 1. The van der Waals surface area contributed by atoms with Gasteiger partial charge >= 0.3 is 0 Å². The molecule has 99 heavy (non-hydrogen) atoms. The number of amides is 1. The first-order valence-corrected chi connectivity index (χ1v) is 33.4. The Hall–Kier alpha value is -8.88. The van der Waals surface area contributed by atoms with Crippen molar-refractivity contribution in [1.29, 1.82) is 0 Å². The molecule has 0 saturated carbocycles. The number of ketones is 2. The summed E-state index contributed by atoms with van der Waals surface area (Å²) in [7, 11) is 2.07. The lowest BCUT2D eigenvalue weighted by Crippen LogP contribution is -3.00. The quantitative estimate of drug-likeness (QED) is 0.0124. The van der Waals surface area contributed by atoms with Crippen LogP contribution in [0.25, 0.3) is 28.2 Å². The predicted octanol–water partition coefficient (Wildman–Crippen LogP) is 10.2. The molecule has 0 aliphatic rings. The van der Waals surface area contributed by atoms with Crippen molar-refractivity contribution in [3.63, 3.8) is 0 Å². The number of aromatic nitrogens is 1. The zero-order valence-electron chi connectivity index (χ0n) is 56.9. The summed E-state index contributed by atoms with van der Waals surface area (Å²) in [6.07, 6.45) is 19.4. The van der Waals surface area contributed by atoms with Crippen molar-refractivity contribution in [3.05, 3.63) is 162 Å². The van der Waals surface area contributed by atoms with Crippen LogP contribution in [0.3, 0.4) is 0 Å². The van der Waals surface area contributed by atoms with E-state index in [4.69, 9.17) is 18.9 Å². The molecule has 1 N–H and O–H groups in total. The van der Waals surface area contributed by atoms with Gasteiger partial charge in [0.2, 0.25) is 5.91 Å². The molecule has 1 amide bonds. The highest BCUT2D eigenvalue weighted by Crippen LogP contribution is 2.55. The van der Waals surface area contributed by atoms with Gasteiger partial charge in [0, 0.05) is 88.2 Å². The van der Waals surface area contributed by atoms with Crippen molar-refractivity contribution in [2.24, 2.45) is 0 Å². The van der Waals surface area contributed by atoms with E-state index in [0.717, 1.165) is 82.1 Å². The number of pyridine rings is 1. The highest BCUT2D eigenvalue weighted by Gasteiger charge is 2.35. The molecule has 0 spiro atoms. The number of Topliss-reactive ketones (excluding diaryl/α,β-unsaturated/α-hetero) is 2. The number of nitro benzene ring substituents is 6. The van der Waals surface area contributed by atoms with Crippen molar-refractivity contribution < 1.29 is 88.9 Å². The molecule has 0 aliphatic carbocycles. The van der Waals surface area contributed by atoms with Gasteiger partial charge in [-0.1, -0.05) is 75.3 Å². The van der Waals surface area contributed by atoms with Crippen molar-refractivity contribution in [2.75, 3.05) is 104 Å². The largest absolute Gasteiger partial charge is 1.00 e. The molecule has 5 rings (SSSR count). The van der Waals surface area contributed by atoms with Gasteiger partial charge in [0.25, 0.3) is 34.1 Å². The average Bonchev–Trinajstić information content (AvgIpc) is 0.763. The summed E-state index contributed by atoms with van der Waals surface area (Å²) in [5.41, 5.74) is -8.23. The Morgan fingerprint density at radius 2 is 1.03 bits per heavy atom. The van der Waals surface area contributed by atoms with Gasteiger partial charge in [-0.3, -0.25) is 75.1 Å². The normalized spacial score (nSPS) is 11.4. The number of ether oxygens (including phenoxy) is 4. The van der Waals surface area contributed by atoms with Crippen LogP contribution in [0.2, 0.25) is 0 Å². The van der Waals surface area contributed by atoms with Gasteiger partial charge in [0.05, 0.1) is 113 Å². The van der Waals surface area contributed by atoms with Gasteiger partial charge in [0.15, 0.2) is 18.9 Å². The Balaban J connectivity index is 0.0000208. The summed E-state index contributed by atoms with van der Waals surface area (Å²) in [5, 5.41) is 80.2. The summed E-state index contributed by atoms with van der Waals surface area (Å²) in [6, 6.07) is 18.2. The van der Waals surface area contributed by atoms with Crippen molar-refractivity contribution >= 4 is 91.6 Å². The van der Waals surface area contributed by atoms with E-state index in [2.05, 4.69) is 121 Å². The van der Waals surface area contributed by atoms with Crippen LogP contribution in [0.1, 0.15) is 140 Å². The Bertz CT molecular complexity index is 3490. The molecule has 0 radical (unpaired) electrons. The number of hydrogen-bond acceptors (Lipinski definition) is 20. The van der Waals surface area contributed by atoms with Crippen molar-refractivity contribution in [3.8, 4) is 0 Å². The molecule has 1 heterocycles. The second kappa shape index (κ2) is 44.2. The Kier molecular flexibility index (Phi) is 36.9. The third-order valence-electron chi connectivity index (χ3n) is 17.2. The number of non-ortho nitro benzene ring substituents is 1. The van der Waals surface area contributed by atoms with E-state index >= 15 is 0 Å². The maximum absolute atomic E-state index is 12.8. The number of anilines is 1. The van der Waals surface area contributed by atoms with Gasteiger partial charge < -0.3 is 55.9 Å². The van der Waals surface area contributed by atoms with Crippen LogP contribution in [0.4, 0.5) is 51.2 Å². The molecule has 1 aromatic heterocycles. The molecule has 31 heteroatoms. The summed E-state index contributed by atoms with van der Waals surface area (Å²) < 4.78 is 25.8. The molecule has 4 aromatic carbocycles. The molecule has 0 aliphatic heterocycles. The van der Waals surface area contributed by atoms with E-state index in [-0.39, 0.29) is 86.1 Å². The average molecular weight is 1450 g/mol. The number of nitrogens with zero attached hydrogens (tertiary/aromatic N) is 10. The van der Waals surface area contributed by atoms with Crippen LogP contribution in [0, 0.1) is 60.7 Å². The molecule has 0 bridgehead atoms. The molecule has 0 saturated heterocycles. The number of carbonyl (C=O) groups excluding carboxylic acids is 3. The summed E-state index contributed by atoms with van der Waals surface area (Å²) in [5.74, 6) is -0.591. The molecule has 5 aromatic rings. The third kappa shape index (κ3) is 28.1. The molecule has 0 atom stereocenters. The van der Waals surface area contributed by atoms with Crippen LogP contribution < -0.4 is 31.8 Å². The van der Waals surface area contributed by atoms with Crippen LogP contribution in [-0.4, -0.2) is 151 Å². The standard InChI is InChI=1S/C68H91N11O19.BrH/c1-5-79(6-2,7-3)38-19-34-72-35-31-52(32-36-72)23-24-53-25-26-55-47-56(28-27-54(55)46-53)71(4)37-41-97-43-42-95-39-17-21-58(80)20-15-13-11-9-8-10-12-14-16-33-69-65(82)51-98-45-44-96-40-18-22-59(81)29-30-60-61(74(85)86)50-64(77(91)92)67(68(60)78(93)94)70-66-62(75(87)88)48-57(73(83)84)49-63(66)76(89)90;/h23-28,31-32,35-36,46-50H,5-22,29-30,33-34,37-45,51H2,1-4H3;1H. The van der Waals surface area contributed by atoms with Crippen LogP contribution in [0.5, 0.6) is 0 Å². The highest BCUT2D eigenvalue weighted by atomic mass is 79.9. The van der Waals surface area contributed by atoms with Crippen LogP contribution >= 0.6 is 0 Å². The van der Waals surface area contributed by atoms with E-state index in [0.29, 0.717) is 52.2 Å². The molecular weight excluding hydrogens is 1350 g/mol. The molecule has 0 unspecified atom stereocenters. The first-order valence-electron chi connectivity index (χ1n) is 33.4. The number of halogens is 1. The SMILES string of the molecule is CC[N+](CC)(CC)CCC[n+]1ccc(/C=C/c2ccc3cc(N(C)CCOCCOCCCC(=O)CCCCCCCCCCCNC(=O)COCCOCCCC(=O)CCc4c([N+](=O)[O-])cc([N+](=O)[O-])c([N-]c5c([N+](=O)[O-])cc([N+](=O)[O-])cc5[N+](=O)[O-])c4[N+](=O)[O-])ccc3c2)cc1.[Br-]. The van der Waals surface area contributed by atoms with Gasteiger partial charge in [-0.15, -0.1) is 0 Å². The maximum Gasteiger partial charge on any atom is 0.286 e. The number of unbranched alkanes of at least 4 members (excludes halogenated alkanes) is 8. The number of nitro groups is 6.